The molecule has 2 aromatic rings. The van der Waals surface area contributed by atoms with Gasteiger partial charge in [0.1, 0.15) is 11.6 Å². The molecule has 0 aliphatic carbocycles. The van der Waals surface area contributed by atoms with Gasteiger partial charge in [0.15, 0.2) is 0 Å². The smallest absolute Gasteiger partial charge is 0.131 e. The topological polar surface area (TPSA) is 39.1 Å². The number of aromatic nitrogens is 2. The van der Waals surface area contributed by atoms with Gasteiger partial charge in [-0.05, 0) is 27.0 Å². The molecule has 0 aliphatic heterocycles. The lowest BCUT2D eigenvalue weighted by atomic mass is 10.2. The number of ether oxygens (including phenoxy) is 1. The number of nitrogens with one attached hydrogen (secondary N) is 1. The molecule has 0 aliphatic rings. The van der Waals surface area contributed by atoms with E-state index in [9.17, 15) is 4.39 Å². The largest absolute Gasteiger partial charge is 0.497 e. The first-order valence-electron chi connectivity index (χ1n) is 6.56. The van der Waals surface area contributed by atoms with Gasteiger partial charge >= 0.3 is 0 Å². The fourth-order valence-corrected chi connectivity index (χ4v) is 2.27. The molecule has 2 rings (SSSR count). The summed E-state index contributed by atoms with van der Waals surface area (Å²) in [6.07, 6.45) is 0. The fourth-order valence-electron chi connectivity index (χ4n) is 2.27. The first-order valence-corrected chi connectivity index (χ1v) is 6.56. The van der Waals surface area contributed by atoms with E-state index < -0.39 is 0 Å². The Labute approximate surface area is 118 Å². The summed E-state index contributed by atoms with van der Waals surface area (Å²) in [4.78, 5) is 0. The quantitative estimate of drug-likeness (QED) is 0.912. The number of hydrogen-bond acceptors (Lipinski definition) is 3. The minimum atomic E-state index is -0.271. The highest BCUT2D eigenvalue weighted by molar-refractivity contribution is 5.30. The zero-order valence-corrected chi connectivity index (χ0v) is 12.3. The number of methoxy groups -OCH3 is 1. The minimum Gasteiger partial charge on any atom is -0.497 e. The van der Waals surface area contributed by atoms with Crippen molar-refractivity contribution in [2.75, 3.05) is 14.2 Å². The molecule has 0 atom stereocenters. The van der Waals surface area contributed by atoms with E-state index in [1.165, 1.54) is 18.7 Å². The van der Waals surface area contributed by atoms with E-state index in [1.807, 2.05) is 25.6 Å². The van der Waals surface area contributed by atoms with E-state index in [0.717, 1.165) is 17.9 Å². The second kappa shape index (κ2) is 6.05. The van der Waals surface area contributed by atoms with Crippen LogP contribution in [0.4, 0.5) is 4.39 Å². The van der Waals surface area contributed by atoms with E-state index in [-0.39, 0.29) is 5.82 Å². The van der Waals surface area contributed by atoms with Gasteiger partial charge in [-0.1, -0.05) is 6.07 Å². The van der Waals surface area contributed by atoms with Crippen LogP contribution in [-0.2, 0) is 13.1 Å². The highest BCUT2D eigenvalue weighted by Crippen LogP contribution is 2.19. The summed E-state index contributed by atoms with van der Waals surface area (Å²) < 4.78 is 20.8. The van der Waals surface area contributed by atoms with E-state index >= 15 is 0 Å². The van der Waals surface area contributed by atoms with Gasteiger partial charge in [-0.3, -0.25) is 4.68 Å². The molecule has 108 valence electrons. The highest BCUT2D eigenvalue weighted by atomic mass is 19.1. The first-order chi connectivity index (χ1) is 9.56. The third-order valence-electron chi connectivity index (χ3n) is 3.47. The van der Waals surface area contributed by atoms with E-state index in [0.29, 0.717) is 17.9 Å². The Balaban J connectivity index is 2.28. The maximum atomic E-state index is 14.0. The van der Waals surface area contributed by atoms with Gasteiger partial charge in [0.05, 0.1) is 19.3 Å². The van der Waals surface area contributed by atoms with Gasteiger partial charge in [0.25, 0.3) is 0 Å². The van der Waals surface area contributed by atoms with Crippen molar-refractivity contribution in [3.8, 4) is 5.75 Å². The predicted octanol–water partition coefficient (Wildman–Crippen LogP) is 2.42. The molecule has 0 unspecified atom stereocenters. The van der Waals surface area contributed by atoms with Crippen molar-refractivity contribution in [1.29, 1.82) is 0 Å². The summed E-state index contributed by atoms with van der Waals surface area (Å²) in [6, 6.07) is 4.90. The van der Waals surface area contributed by atoms with Crippen molar-refractivity contribution in [2.24, 2.45) is 0 Å². The maximum absolute atomic E-state index is 14.0. The van der Waals surface area contributed by atoms with Gasteiger partial charge in [-0.2, -0.15) is 5.10 Å². The standard InChI is InChI=1S/C15H20FN3O/c1-10-14(8-17-3)11(2)19(18-10)9-12-5-6-13(20-4)7-15(12)16/h5-7,17H,8-9H2,1-4H3. The third kappa shape index (κ3) is 2.82. The van der Waals surface area contributed by atoms with Gasteiger partial charge in [0, 0.05) is 29.4 Å². The number of benzene rings is 1. The molecule has 0 radical (unpaired) electrons. The minimum absolute atomic E-state index is 0.271. The molecule has 4 nitrogen and oxygen atoms in total. The zero-order valence-electron chi connectivity index (χ0n) is 12.3. The van der Waals surface area contributed by atoms with Crippen LogP contribution in [0.25, 0.3) is 0 Å². The van der Waals surface area contributed by atoms with Crippen LogP contribution in [0.2, 0.25) is 0 Å². The summed E-state index contributed by atoms with van der Waals surface area (Å²) in [5, 5.41) is 7.61. The number of rotatable bonds is 5. The Morgan fingerprint density at radius 3 is 2.70 bits per heavy atom. The molecule has 0 spiro atoms. The van der Waals surface area contributed by atoms with E-state index in [2.05, 4.69) is 10.4 Å². The van der Waals surface area contributed by atoms with E-state index in [1.54, 1.807) is 12.1 Å². The van der Waals surface area contributed by atoms with E-state index in [4.69, 9.17) is 4.74 Å². The van der Waals surface area contributed by atoms with Crippen LogP contribution < -0.4 is 10.1 Å². The molecular weight excluding hydrogens is 257 g/mol. The van der Waals surface area contributed by atoms with Gasteiger partial charge in [0.2, 0.25) is 0 Å². The molecule has 20 heavy (non-hydrogen) atoms. The van der Waals surface area contributed by atoms with Crippen molar-refractivity contribution in [3.63, 3.8) is 0 Å². The summed E-state index contributed by atoms with van der Waals surface area (Å²) >= 11 is 0. The van der Waals surface area contributed by atoms with Crippen LogP contribution >= 0.6 is 0 Å². The first kappa shape index (κ1) is 14.5. The van der Waals surface area contributed by atoms with Crippen LogP contribution in [0.1, 0.15) is 22.5 Å². The van der Waals surface area contributed by atoms with Crippen LogP contribution in [0.15, 0.2) is 18.2 Å². The lowest BCUT2D eigenvalue weighted by Crippen LogP contribution is -2.09. The van der Waals surface area contributed by atoms with Gasteiger partial charge in [-0.15, -0.1) is 0 Å². The van der Waals surface area contributed by atoms with Crippen LogP contribution in [-0.4, -0.2) is 23.9 Å². The second-order valence-electron chi connectivity index (χ2n) is 4.79. The van der Waals surface area contributed by atoms with Gasteiger partial charge < -0.3 is 10.1 Å². The Morgan fingerprint density at radius 2 is 2.10 bits per heavy atom. The molecule has 0 amide bonds. The lowest BCUT2D eigenvalue weighted by Gasteiger charge is -2.08. The van der Waals surface area contributed by atoms with Crippen LogP contribution in [0.3, 0.4) is 0 Å². The maximum Gasteiger partial charge on any atom is 0.131 e. The summed E-state index contributed by atoms with van der Waals surface area (Å²) in [5.41, 5.74) is 3.81. The second-order valence-corrected chi connectivity index (χ2v) is 4.79. The number of hydrogen-bond donors (Lipinski definition) is 1. The Bertz CT molecular complexity index is 607. The van der Waals surface area contributed by atoms with Crippen molar-refractivity contribution >= 4 is 0 Å². The van der Waals surface area contributed by atoms with Crippen molar-refractivity contribution in [1.82, 2.24) is 15.1 Å². The average Bonchev–Trinajstić information content (AvgIpc) is 2.69. The molecule has 1 aromatic carbocycles. The summed E-state index contributed by atoms with van der Waals surface area (Å²) in [7, 11) is 3.43. The normalized spacial score (nSPS) is 10.8. The summed E-state index contributed by atoms with van der Waals surface area (Å²) in [5.74, 6) is 0.252. The molecule has 0 saturated heterocycles. The Kier molecular flexibility index (Phi) is 4.39. The number of aryl methyl sites for hydroxylation is 1. The molecule has 1 aromatic heterocycles. The third-order valence-corrected chi connectivity index (χ3v) is 3.47. The molecule has 5 heteroatoms. The molecule has 1 N–H and O–H groups in total. The average molecular weight is 277 g/mol. The zero-order chi connectivity index (χ0) is 14.7. The SMILES string of the molecule is CNCc1c(C)nn(Cc2ccc(OC)cc2F)c1C. The summed E-state index contributed by atoms with van der Waals surface area (Å²) in [6.45, 7) is 5.17. The van der Waals surface area contributed by atoms with Crippen LogP contribution in [0, 0.1) is 19.7 Å². The van der Waals surface area contributed by atoms with Gasteiger partial charge in [-0.25, -0.2) is 4.39 Å². The molecule has 0 bridgehead atoms. The van der Waals surface area contributed by atoms with Crippen molar-refractivity contribution in [3.05, 3.63) is 46.5 Å². The number of halogens is 1. The predicted molar refractivity (Wildman–Crippen MR) is 76.5 cm³/mol. The Morgan fingerprint density at radius 1 is 1.35 bits per heavy atom. The monoisotopic (exact) mass is 277 g/mol. The molecule has 1 heterocycles. The molecule has 0 saturated carbocycles. The molecule has 0 fully saturated rings. The number of nitrogens with zero attached hydrogens (tertiary/aromatic N) is 2. The highest BCUT2D eigenvalue weighted by Gasteiger charge is 2.12. The van der Waals surface area contributed by atoms with Crippen molar-refractivity contribution < 1.29 is 9.13 Å². The molecular formula is C15H20FN3O. The fraction of sp³-hybridized carbons (Fsp3) is 0.400. The van der Waals surface area contributed by atoms with Crippen molar-refractivity contribution in [2.45, 2.75) is 26.9 Å². The Hall–Kier alpha value is -1.88. The van der Waals surface area contributed by atoms with Crippen LogP contribution in [0.5, 0.6) is 5.75 Å². The lowest BCUT2D eigenvalue weighted by molar-refractivity contribution is 0.410.